The minimum atomic E-state index is -5.08. The topological polar surface area (TPSA) is 91.8 Å². The van der Waals surface area contributed by atoms with Crippen molar-refractivity contribution in [3.8, 4) is 5.82 Å². The fourth-order valence-electron chi connectivity index (χ4n) is 4.92. The van der Waals surface area contributed by atoms with Gasteiger partial charge in [0.2, 0.25) is 0 Å². The lowest BCUT2D eigenvalue weighted by Gasteiger charge is -2.47. The summed E-state index contributed by atoms with van der Waals surface area (Å²) < 4.78 is 39.6. The third-order valence-electron chi connectivity index (χ3n) is 6.69. The minimum absolute atomic E-state index is 0.0288. The van der Waals surface area contributed by atoms with Gasteiger partial charge < -0.3 is 23.9 Å². The van der Waals surface area contributed by atoms with Crippen molar-refractivity contribution in [3.63, 3.8) is 0 Å². The molecule has 3 aromatic heterocycles. The van der Waals surface area contributed by atoms with Crippen LogP contribution in [0.25, 0.3) is 5.82 Å². The number of carboxylic acid groups (broad SMARTS) is 1. The molecule has 1 spiro atoms. The van der Waals surface area contributed by atoms with E-state index in [0.29, 0.717) is 24.8 Å². The highest BCUT2D eigenvalue weighted by molar-refractivity contribution is 5.92. The van der Waals surface area contributed by atoms with Crippen LogP contribution in [-0.4, -0.2) is 57.2 Å². The first-order chi connectivity index (χ1) is 17.4. The Kier molecular flexibility index (Phi) is 7.07. The number of carboxylic acids is 1. The Morgan fingerprint density at radius 1 is 1.19 bits per heavy atom. The number of pyridine rings is 1. The molecule has 1 atom stereocenters. The van der Waals surface area contributed by atoms with Crippen molar-refractivity contribution in [1.82, 2.24) is 14.5 Å². The van der Waals surface area contributed by atoms with Crippen LogP contribution < -0.4 is 4.90 Å². The van der Waals surface area contributed by atoms with Crippen LogP contribution in [0.15, 0.2) is 53.2 Å². The average molecular weight is 519 g/mol. The van der Waals surface area contributed by atoms with Gasteiger partial charge in [-0.1, -0.05) is 13.8 Å². The number of rotatable bonds is 4. The van der Waals surface area contributed by atoms with Gasteiger partial charge in [-0.3, -0.25) is 4.79 Å². The van der Waals surface area contributed by atoms with E-state index in [1.807, 2.05) is 30.2 Å². The van der Waals surface area contributed by atoms with Gasteiger partial charge in [0.1, 0.15) is 11.3 Å². The summed E-state index contributed by atoms with van der Waals surface area (Å²) >= 11 is 0. The van der Waals surface area contributed by atoms with Gasteiger partial charge in [-0.05, 0) is 62.1 Å². The number of hydrogen-bond donors (Lipinski definition) is 1. The predicted molar refractivity (Wildman–Crippen MR) is 130 cm³/mol. The van der Waals surface area contributed by atoms with Crippen LogP contribution in [0.4, 0.5) is 18.9 Å². The first-order valence-electron chi connectivity index (χ1n) is 12.0. The zero-order valence-electron chi connectivity index (χ0n) is 20.8. The Morgan fingerprint density at radius 2 is 1.92 bits per heavy atom. The van der Waals surface area contributed by atoms with Crippen LogP contribution in [0.2, 0.25) is 0 Å². The lowest BCUT2D eigenvalue weighted by atomic mass is 9.88. The highest BCUT2D eigenvalue weighted by Crippen LogP contribution is 2.47. The van der Waals surface area contributed by atoms with Crippen LogP contribution >= 0.6 is 0 Å². The highest BCUT2D eigenvalue weighted by atomic mass is 19.4. The molecule has 8 nitrogen and oxygen atoms in total. The molecule has 11 heteroatoms. The summed E-state index contributed by atoms with van der Waals surface area (Å²) in [5, 5.41) is 7.12. The fourth-order valence-corrected chi connectivity index (χ4v) is 4.92. The Balaban J connectivity index is 0.000000405. The summed E-state index contributed by atoms with van der Waals surface area (Å²) in [6.07, 6.45) is 0.824. The summed E-state index contributed by atoms with van der Waals surface area (Å²) in [7, 11) is 0. The van der Waals surface area contributed by atoms with E-state index in [1.54, 1.807) is 6.07 Å². The first-order valence-corrected chi connectivity index (χ1v) is 12.0. The van der Waals surface area contributed by atoms with Crippen molar-refractivity contribution in [2.45, 2.75) is 45.3 Å². The molecule has 0 saturated carbocycles. The number of aromatic nitrogens is 2. The second-order valence-corrected chi connectivity index (χ2v) is 9.67. The smallest absolute Gasteiger partial charge is 0.475 e. The number of anilines is 1. The molecule has 198 valence electrons. The molecule has 2 aliphatic heterocycles. The maximum Gasteiger partial charge on any atom is 0.490 e. The number of aryl methyl sites for hydroxylation is 1. The Bertz CT molecular complexity index is 1280. The molecule has 5 rings (SSSR count). The van der Waals surface area contributed by atoms with Crippen molar-refractivity contribution in [1.29, 1.82) is 0 Å². The summed E-state index contributed by atoms with van der Waals surface area (Å²) in [5.74, 6) is -0.0327. The quantitative estimate of drug-likeness (QED) is 0.522. The summed E-state index contributed by atoms with van der Waals surface area (Å²) in [4.78, 5) is 31.2. The molecule has 5 heterocycles. The minimum Gasteiger partial charge on any atom is -0.475 e. The SMILES string of the molecule is Cc1ccc(C(=O)N2CCC3(C2)c2cccn2-c2ncccc2N3CCC(C)C)o1.O=C(O)C(F)(F)F. The van der Waals surface area contributed by atoms with E-state index in [-0.39, 0.29) is 11.4 Å². The zero-order chi connectivity index (χ0) is 27.0. The number of carbonyl (C=O) groups is 2. The second-order valence-electron chi connectivity index (χ2n) is 9.67. The van der Waals surface area contributed by atoms with Gasteiger partial charge in [0, 0.05) is 25.5 Å². The molecule has 3 aromatic rings. The van der Waals surface area contributed by atoms with Crippen molar-refractivity contribution in [3.05, 3.63) is 66.0 Å². The van der Waals surface area contributed by atoms with E-state index in [9.17, 15) is 18.0 Å². The first kappa shape index (κ1) is 26.3. The summed E-state index contributed by atoms with van der Waals surface area (Å²) in [6, 6.07) is 12.1. The van der Waals surface area contributed by atoms with E-state index in [1.165, 1.54) is 5.69 Å². The lowest BCUT2D eigenvalue weighted by molar-refractivity contribution is -0.192. The highest BCUT2D eigenvalue weighted by Gasteiger charge is 2.51. The molecule has 2 aliphatic rings. The second kappa shape index (κ2) is 9.95. The molecule has 0 aliphatic carbocycles. The number of halogens is 3. The van der Waals surface area contributed by atoms with Crippen LogP contribution in [0, 0.1) is 12.8 Å². The molecule has 1 amide bonds. The molecule has 1 unspecified atom stereocenters. The molecular formula is C26H29F3N4O4. The number of furan rings is 1. The van der Waals surface area contributed by atoms with Crippen LogP contribution in [0.3, 0.4) is 0 Å². The molecular weight excluding hydrogens is 489 g/mol. The van der Waals surface area contributed by atoms with E-state index in [0.717, 1.165) is 36.7 Å². The number of carbonyl (C=O) groups excluding carboxylic acids is 1. The normalized spacial score (nSPS) is 18.5. The molecule has 1 saturated heterocycles. The van der Waals surface area contributed by atoms with Gasteiger partial charge in [-0.2, -0.15) is 13.2 Å². The molecule has 0 radical (unpaired) electrons. The van der Waals surface area contributed by atoms with Gasteiger partial charge in [-0.15, -0.1) is 0 Å². The van der Waals surface area contributed by atoms with E-state index < -0.39 is 12.1 Å². The molecule has 1 fully saturated rings. The average Bonchev–Trinajstić information content (AvgIpc) is 3.59. The summed E-state index contributed by atoms with van der Waals surface area (Å²) in [5.41, 5.74) is 2.10. The van der Waals surface area contributed by atoms with Gasteiger partial charge in [-0.25, -0.2) is 9.78 Å². The Hall–Kier alpha value is -3.76. The van der Waals surface area contributed by atoms with E-state index in [2.05, 4.69) is 47.7 Å². The number of alkyl halides is 3. The molecule has 0 aromatic carbocycles. The monoisotopic (exact) mass is 518 g/mol. The number of aliphatic carboxylic acids is 1. The van der Waals surface area contributed by atoms with Crippen LogP contribution in [0.5, 0.6) is 0 Å². The maximum absolute atomic E-state index is 13.1. The van der Waals surface area contributed by atoms with E-state index in [4.69, 9.17) is 19.3 Å². The van der Waals surface area contributed by atoms with E-state index >= 15 is 0 Å². The molecule has 0 bridgehead atoms. The van der Waals surface area contributed by atoms with Crippen molar-refractivity contribution in [2.75, 3.05) is 24.5 Å². The zero-order valence-corrected chi connectivity index (χ0v) is 20.8. The maximum atomic E-state index is 13.1. The standard InChI is InChI=1S/C24H28N4O2.C2HF3O2/c1-17(2)10-14-28-19-6-4-12-25-22(19)27-13-5-7-21(27)24(28)11-15-26(16-24)23(29)20-9-8-18(3)30-20;3-2(4,5)1(6)7/h4-9,12-13,17H,10-11,14-16H2,1-3H3;(H,6,7). The molecule has 37 heavy (non-hydrogen) atoms. The Morgan fingerprint density at radius 3 is 2.54 bits per heavy atom. The fraction of sp³-hybridized carbons (Fsp3) is 0.423. The van der Waals surface area contributed by atoms with Crippen molar-refractivity contribution >= 4 is 17.6 Å². The van der Waals surface area contributed by atoms with Crippen LogP contribution in [0.1, 0.15) is 48.7 Å². The summed E-state index contributed by atoms with van der Waals surface area (Å²) in [6.45, 7) is 8.66. The number of amides is 1. The van der Waals surface area contributed by atoms with Gasteiger partial charge in [0.15, 0.2) is 11.6 Å². The number of nitrogens with zero attached hydrogens (tertiary/aromatic N) is 4. The van der Waals surface area contributed by atoms with Gasteiger partial charge in [0.25, 0.3) is 5.91 Å². The number of hydrogen-bond acceptors (Lipinski definition) is 5. The number of likely N-dealkylation sites (tertiary alicyclic amines) is 1. The number of fused-ring (bicyclic) bond motifs is 4. The largest absolute Gasteiger partial charge is 0.490 e. The third kappa shape index (κ3) is 5.07. The van der Waals surface area contributed by atoms with Crippen LogP contribution in [-0.2, 0) is 10.3 Å². The third-order valence-corrected chi connectivity index (χ3v) is 6.69. The van der Waals surface area contributed by atoms with Crippen molar-refractivity contribution in [2.24, 2.45) is 5.92 Å². The Labute approximate surface area is 212 Å². The van der Waals surface area contributed by atoms with Crippen molar-refractivity contribution < 1.29 is 32.3 Å². The lowest BCUT2D eigenvalue weighted by Crippen LogP contribution is -2.53. The predicted octanol–water partition coefficient (Wildman–Crippen LogP) is 5.01. The van der Waals surface area contributed by atoms with Gasteiger partial charge >= 0.3 is 12.1 Å². The molecule has 1 N–H and O–H groups in total. The van der Waals surface area contributed by atoms with Gasteiger partial charge in [0.05, 0.1) is 17.9 Å².